The number of hydrogen-bond donors (Lipinski definition) is 2. The first-order chi connectivity index (χ1) is 15.3. The minimum Gasteiger partial charge on any atom is -0.455 e. The number of aryl methyl sites for hydroxylation is 1. The molecule has 3 aromatic rings. The molecule has 0 spiro atoms. The average Bonchev–Trinajstić information content (AvgIpc) is 3.11. The Hall–Kier alpha value is -2.61. The Balaban J connectivity index is 1.58. The van der Waals surface area contributed by atoms with Gasteiger partial charge < -0.3 is 9.73 Å². The van der Waals surface area contributed by atoms with E-state index in [-0.39, 0.29) is 22.3 Å². The second-order valence-corrected chi connectivity index (χ2v) is 8.96. The van der Waals surface area contributed by atoms with Gasteiger partial charge in [-0.2, -0.15) is 5.10 Å². The summed E-state index contributed by atoms with van der Waals surface area (Å²) in [6.07, 6.45) is 2.13. The number of furan rings is 1. The van der Waals surface area contributed by atoms with Gasteiger partial charge in [0.2, 0.25) is 0 Å². The van der Waals surface area contributed by atoms with Gasteiger partial charge in [0.05, 0.1) is 22.0 Å². The van der Waals surface area contributed by atoms with Crippen LogP contribution in [0.1, 0.15) is 50.6 Å². The molecular weight excluding hydrogens is 517 g/mol. The number of carbonyl (C=O) groups is 2. The molecule has 0 atom stereocenters. The van der Waals surface area contributed by atoms with Crippen molar-refractivity contribution < 1.29 is 14.0 Å². The second kappa shape index (κ2) is 9.48. The normalized spacial score (nSPS) is 14.2. The summed E-state index contributed by atoms with van der Waals surface area (Å²) < 4.78 is 6.68. The number of fused-ring (bicyclic) bond motifs is 1. The summed E-state index contributed by atoms with van der Waals surface area (Å²) in [7, 11) is 0. The molecule has 2 amide bonds. The maximum absolute atomic E-state index is 12.9. The van der Waals surface area contributed by atoms with E-state index in [0.717, 1.165) is 16.5 Å². The summed E-state index contributed by atoms with van der Waals surface area (Å²) in [5.74, 6) is 0.121. The van der Waals surface area contributed by atoms with Gasteiger partial charge in [-0.25, -0.2) is 5.43 Å². The van der Waals surface area contributed by atoms with E-state index in [9.17, 15) is 9.59 Å². The molecule has 1 heterocycles. The van der Waals surface area contributed by atoms with Crippen molar-refractivity contribution in [3.63, 3.8) is 0 Å². The Morgan fingerprint density at radius 3 is 2.62 bits per heavy atom. The summed E-state index contributed by atoms with van der Waals surface area (Å²) in [6.45, 7) is 1.82. The first kappa shape index (κ1) is 22.6. The molecule has 1 aliphatic carbocycles. The first-order valence-electron chi connectivity index (χ1n) is 9.85. The van der Waals surface area contributed by atoms with E-state index in [1.807, 2.05) is 25.1 Å². The topological polar surface area (TPSA) is 83.7 Å². The Kier molecular flexibility index (Phi) is 6.69. The smallest absolute Gasteiger partial charge is 0.291 e. The van der Waals surface area contributed by atoms with Crippen molar-refractivity contribution in [2.75, 3.05) is 5.32 Å². The van der Waals surface area contributed by atoms with Crippen LogP contribution in [0.25, 0.3) is 0 Å². The van der Waals surface area contributed by atoms with Crippen molar-refractivity contribution in [3.8, 4) is 0 Å². The second-order valence-electron chi connectivity index (χ2n) is 7.27. The summed E-state index contributed by atoms with van der Waals surface area (Å²) >= 11 is 15.4. The largest absolute Gasteiger partial charge is 0.455 e. The van der Waals surface area contributed by atoms with Crippen LogP contribution in [0.5, 0.6) is 0 Å². The van der Waals surface area contributed by atoms with Crippen molar-refractivity contribution in [2.45, 2.75) is 26.2 Å². The zero-order valence-corrected chi connectivity index (χ0v) is 20.1. The zero-order chi connectivity index (χ0) is 22.8. The highest BCUT2D eigenvalue weighted by Gasteiger charge is 2.28. The van der Waals surface area contributed by atoms with Gasteiger partial charge in [-0.1, -0.05) is 35.3 Å². The lowest BCUT2D eigenvalue weighted by Crippen LogP contribution is -2.22. The predicted octanol–water partition coefficient (Wildman–Crippen LogP) is 6.38. The van der Waals surface area contributed by atoms with Gasteiger partial charge in [-0.15, -0.1) is 0 Å². The number of hydrogen-bond acceptors (Lipinski definition) is 4. The van der Waals surface area contributed by atoms with E-state index < -0.39 is 5.91 Å². The molecule has 6 nitrogen and oxygen atoms in total. The standard InChI is InChI=1S/C23H18BrCl2N3O3/c1-12-20-18(28-29-22(30)14-10-9-13(25)11-16(14)26)7-4-8-19(20)32-21(12)23(31)27-17-6-3-2-5-15(17)24/h2-3,5-6,9-11H,4,7-8H2,1H3,(H,27,31)(H,29,30)/b28-18+. The summed E-state index contributed by atoms with van der Waals surface area (Å²) in [5, 5.41) is 7.86. The molecule has 32 heavy (non-hydrogen) atoms. The summed E-state index contributed by atoms with van der Waals surface area (Å²) in [6, 6.07) is 12.0. The molecule has 4 rings (SSSR count). The molecule has 2 N–H and O–H groups in total. The van der Waals surface area contributed by atoms with Gasteiger partial charge in [-0.05, 0) is 66.0 Å². The minimum absolute atomic E-state index is 0.229. The third kappa shape index (κ3) is 4.60. The van der Waals surface area contributed by atoms with Gasteiger partial charge in [-0.3, -0.25) is 9.59 Å². The van der Waals surface area contributed by atoms with Crippen LogP contribution in [0.15, 0.2) is 56.5 Å². The number of halogens is 3. The number of para-hydroxylation sites is 1. The third-order valence-corrected chi connectivity index (χ3v) is 6.36. The lowest BCUT2D eigenvalue weighted by atomic mass is 9.93. The van der Waals surface area contributed by atoms with Crippen molar-refractivity contribution in [1.82, 2.24) is 5.43 Å². The van der Waals surface area contributed by atoms with Crippen LogP contribution in [-0.2, 0) is 6.42 Å². The van der Waals surface area contributed by atoms with Crippen molar-refractivity contribution in [1.29, 1.82) is 0 Å². The van der Waals surface area contributed by atoms with E-state index >= 15 is 0 Å². The SMILES string of the molecule is Cc1c(C(=O)Nc2ccccc2Br)oc2c1/C(=N/NC(=O)c1ccc(Cl)cc1Cl)CCC2. The monoisotopic (exact) mass is 533 g/mol. The van der Waals surface area contributed by atoms with Gasteiger partial charge in [0, 0.05) is 27.0 Å². The Labute approximate surface area is 203 Å². The fourth-order valence-electron chi connectivity index (χ4n) is 3.59. The Morgan fingerprint density at radius 1 is 1.09 bits per heavy atom. The van der Waals surface area contributed by atoms with Crippen molar-refractivity contribution in [3.05, 3.63) is 85.2 Å². The Morgan fingerprint density at radius 2 is 1.88 bits per heavy atom. The van der Waals surface area contributed by atoms with E-state index in [1.54, 1.807) is 18.2 Å². The Bertz CT molecular complexity index is 1250. The molecule has 2 aromatic carbocycles. The third-order valence-electron chi connectivity index (χ3n) is 5.12. The van der Waals surface area contributed by atoms with Crippen LogP contribution in [-0.4, -0.2) is 17.5 Å². The molecular formula is C23H18BrCl2N3O3. The van der Waals surface area contributed by atoms with Crippen LogP contribution in [0.4, 0.5) is 5.69 Å². The highest BCUT2D eigenvalue weighted by Crippen LogP contribution is 2.31. The molecule has 0 radical (unpaired) electrons. The molecule has 0 bridgehead atoms. The summed E-state index contributed by atoms with van der Waals surface area (Å²) in [5.41, 5.74) is 5.57. The van der Waals surface area contributed by atoms with Crippen LogP contribution in [0, 0.1) is 6.92 Å². The van der Waals surface area contributed by atoms with Gasteiger partial charge in [0.25, 0.3) is 11.8 Å². The van der Waals surface area contributed by atoms with E-state index in [1.165, 1.54) is 6.07 Å². The maximum Gasteiger partial charge on any atom is 0.291 e. The maximum atomic E-state index is 12.9. The molecule has 0 unspecified atom stereocenters. The molecule has 164 valence electrons. The number of carbonyl (C=O) groups excluding carboxylic acids is 2. The number of anilines is 1. The number of amides is 2. The van der Waals surface area contributed by atoms with Gasteiger partial charge in [0.15, 0.2) is 5.76 Å². The number of nitrogens with one attached hydrogen (secondary N) is 2. The predicted molar refractivity (Wildman–Crippen MR) is 129 cm³/mol. The van der Waals surface area contributed by atoms with Gasteiger partial charge >= 0.3 is 0 Å². The van der Waals surface area contributed by atoms with E-state index in [4.69, 9.17) is 27.6 Å². The lowest BCUT2D eigenvalue weighted by Gasteiger charge is -2.13. The van der Waals surface area contributed by atoms with Crippen LogP contribution in [0.2, 0.25) is 10.0 Å². The molecule has 1 aromatic heterocycles. The highest BCUT2D eigenvalue weighted by molar-refractivity contribution is 9.10. The lowest BCUT2D eigenvalue weighted by molar-refractivity contribution is 0.0953. The first-order valence-corrected chi connectivity index (χ1v) is 11.4. The number of benzene rings is 2. The van der Waals surface area contributed by atoms with Crippen LogP contribution >= 0.6 is 39.1 Å². The average molecular weight is 535 g/mol. The molecule has 1 aliphatic rings. The van der Waals surface area contributed by atoms with Crippen molar-refractivity contribution in [2.24, 2.45) is 5.10 Å². The van der Waals surface area contributed by atoms with Crippen LogP contribution < -0.4 is 10.7 Å². The molecule has 0 aliphatic heterocycles. The molecule has 9 heteroatoms. The van der Waals surface area contributed by atoms with Crippen LogP contribution in [0.3, 0.4) is 0 Å². The van der Waals surface area contributed by atoms with Gasteiger partial charge in [0.1, 0.15) is 5.76 Å². The quantitative estimate of drug-likeness (QED) is 0.381. The number of nitrogens with zero attached hydrogens (tertiary/aromatic N) is 1. The molecule has 0 saturated carbocycles. The minimum atomic E-state index is -0.445. The molecule has 0 saturated heterocycles. The summed E-state index contributed by atoms with van der Waals surface area (Å²) in [4.78, 5) is 25.4. The van der Waals surface area contributed by atoms with E-state index in [2.05, 4.69) is 31.8 Å². The highest BCUT2D eigenvalue weighted by atomic mass is 79.9. The molecule has 0 fully saturated rings. The van der Waals surface area contributed by atoms with E-state index in [0.29, 0.717) is 40.6 Å². The zero-order valence-electron chi connectivity index (χ0n) is 17.0. The number of hydrazone groups is 1. The number of rotatable bonds is 4. The fraction of sp³-hybridized carbons (Fsp3) is 0.174. The fourth-order valence-corrected chi connectivity index (χ4v) is 4.47. The van der Waals surface area contributed by atoms with Crippen molar-refractivity contribution >= 4 is 62.3 Å².